The van der Waals surface area contributed by atoms with Gasteiger partial charge in [-0.1, -0.05) is 0 Å². The molecule has 3 N–H and O–H groups in total. The van der Waals surface area contributed by atoms with Gasteiger partial charge in [-0.25, -0.2) is 4.39 Å². The fourth-order valence-electron chi connectivity index (χ4n) is 1.07. The summed E-state index contributed by atoms with van der Waals surface area (Å²) in [6.07, 6.45) is -0.211. The maximum Gasteiger partial charge on any atom is 0.231 e. The Morgan fingerprint density at radius 1 is 1.47 bits per heavy atom. The summed E-state index contributed by atoms with van der Waals surface area (Å²) in [5, 5.41) is 2.42. The molecule has 0 bridgehead atoms. The van der Waals surface area contributed by atoms with Crippen molar-refractivity contribution >= 4 is 23.1 Å². The molecular formula is C10H11FN2O2. The normalized spacial score (nSPS) is 9.73. The number of rotatable bonds is 3. The van der Waals surface area contributed by atoms with Crippen LogP contribution in [-0.2, 0) is 9.59 Å². The largest absolute Gasteiger partial charge is 0.397 e. The molecule has 0 spiro atoms. The van der Waals surface area contributed by atoms with Crippen LogP contribution in [0.2, 0.25) is 0 Å². The number of ketones is 1. The molecule has 5 heteroatoms. The highest BCUT2D eigenvalue weighted by Gasteiger charge is 2.07. The van der Waals surface area contributed by atoms with Crippen molar-refractivity contribution in [2.24, 2.45) is 0 Å². The first-order valence-corrected chi connectivity index (χ1v) is 4.33. The molecule has 0 saturated carbocycles. The lowest BCUT2D eigenvalue weighted by atomic mass is 10.2. The highest BCUT2D eigenvalue weighted by atomic mass is 19.1. The van der Waals surface area contributed by atoms with Crippen LogP contribution in [0.5, 0.6) is 0 Å². The van der Waals surface area contributed by atoms with E-state index < -0.39 is 11.7 Å². The average molecular weight is 210 g/mol. The zero-order valence-electron chi connectivity index (χ0n) is 8.21. The first-order chi connectivity index (χ1) is 6.99. The molecule has 15 heavy (non-hydrogen) atoms. The van der Waals surface area contributed by atoms with Crippen molar-refractivity contribution in [2.45, 2.75) is 13.3 Å². The maximum atomic E-state index is 12.6. The van der Waals surface area contributed by atoms with Gasteiger partial charge < -0.3 is 11.1 Å². The van der Waals surface area contributed by atoms with E-state index in [0.29, 0.717) is 5.69 Å². The van der Waals surface area contributed by atoms with Gasteiger partial charge in [0.25, 0.3) is 0 Å². The number of Topliss-reactive ketones (excluding diaryl/α,β-unsaturated/α-hetero) is 1. The Labute approximate surface area is 86.3 Å². The minimum absolute atomic E-state index is 0.131. The molecule has 0 aliphatic rings. The van der Waals surface area contributed by atoms with E-state index in [2.05, 4.69) is 5.32 Å². The predicted octanol–water partition coefficient (Wildman–Crippen LogP) is 1.33. The van der Waals surface area contributed by atoms with E-state index in [1.807, 2.05) is 0 Å². The van der Waals surface area contributed by atoms with Crippen molar-refractivity contribution in [2.75, 3.05) is 11.1 Å². The Morgan fingerprint density at radius 2 is 2.13 bits per heavy atom. The molecule has 0 aliphatic heterocycles. The maximum absolute atomic E-state index is 12.6. The van der Waals surface area contributed by atoms with Crippen molar-refractivity contribution in [1.29, 1.82) is 0 Å². The highest BCUT2D eigenvalue weighted by molar-refractivity contribution is 6.04. The Hall–Kier alpha value is -1.91. The number of nitrogens with two attached hydrogens (primary N) is 1. The summed E-state index contributed by atoms with van der Waals surface area (Å²) in [4.78, 5) is 21.8. The number of nitrogens with one attached hydrogen (secondary N) is 1. The van der Waals surface area contributed by atoms with E-state index in [0.717, 1.165) is 6.07 Å². The molecule has 1 amide bonds. The van der Waals surface area contributed by atoms with Gasteiger partial charge in [0.2, 0.25) is 5.91 Å². The lowest BCUT2D eigenvalue weighted by Crippen LogP contribution is -2.15. The van der Waals surface area contributed by atoms with Crippen LogP contribution >= 0.6 is 0 Å². The Bertz CT molecular complexity index is 404. The molecule has 4 nitrogen and oxygen atoms in total. The molecule has 0 aliphatic carbocycles. The van der Waals surface area contributed by atoms with Crippen LogP contribution in [0.25, 0.3) is 0 Å². The van der Waals surface area contributed by atoms with Crippen LogP contribution in [0.3, 0.4) is 0 Å². The lowest BCUT2D eigenvalue weighted by Gasteiger charge is -2.06. The van der Waals surface area contributed by atoms with Gasteiger partial charge in [-0.05, 0) is 25.1 Å². The second-order valence-electron chi connectivity index (χ2n) is 3.16. The van der Waals surface area contributed by atoms with Gasteiger partial charge in [0.1, 0.15) is 11.6 Å². The van der Waals surface area contributed by atoms with Gasteiger partial charge in [-0.3, -0.25) is 9.59 Å². The van der Waals surface area contributed by atoms with Gasteiger partial charge in [0, 0.05) is 0 Å². The van der Waals surface area contributed by atoms with Crippen LogP contribution in [-0.4, -0.2) is 11.7 Å². The summed E-state index contributed by atoms with van der Waals surface area (Å²) >= 11 is 0. The summed E-state index contributed by atoms with van der Waals surface area (Å²) in [7, 11) is 0. The number of hydrogen-bond donors (Lipinski definition) is 2. The summed E-state index contributed by atoms with van der Waals surface area (Å²) in [6, 6.07) is 3.63. The monoisotopic (exact) mass is 210 g/mol. The molecule has 0 radical (unpaired) electrons. The molecule has 1 rings (SSSR count). The van der Waals surface area contributed by atoms with E-state index in [9.17, 15) is 14.0 Å². The quantitative estimate of drug-likeness (QED) is 0.583. The third-order valence-electron chi connectivity index (χ3n) is 1.70. The predicted molar refractivity (Wildman–Crippen MR) is 54.7 cm³/mol. The number of carbonyl (C=O) groups excluding carboxylic acids is 2. The average Bonchev–Trinajstić information content (AvgIpc) is 2.08. The molecule has 0 fully saturated rings. The van der Waals surface area contributed by atoms with Crippen LogP contribution in [0.15, 0.2) is 18.2 Å². The molecular weight excluding hydrogens is 199 g/mol. The van der Waals surface area contributed by atoms with Crippen molar-refractivity contribution in [3.05, 3.63) is 24.0 Å². The summed E-state index contributed by atoms with van der Waals surface area (Å²) < 4.78 is 12.6. The van der Waals surface area contributed by atoms with Crippen LogP contribution in [0, 0.1) is 5.82 Å². The van der Waals surface area contributed by atoms with E-state index in [1.54, 1.807) is 0 Å². The van der Waals surface area contributed by atoms with Gasteiger partial charge in [0.05, 0.1) is 17.8 Å². The fourth-order valence-corrected chi connectivity index (χ4v) is 1.07. The topological polar surface area (TPSA) is 72.2 Å². The van der Waals surface area contributed by atoms with E-state index in [4.69, 9.17) is 5.73 Å². The van der Waals surface area contributed by atoms with E-state index in [-0.39, 0.29) is 17.9 Å². The second kappa shape index (κ2) is 4.54. The van der Waals surface area contributed by atoms with Crippen molar-refractivity contribution in [1.82, 2.24) is 0 Å². The standard InChI is InChI=1S/C10H11FN2O2/c1-6(14)4-10(15)13-9-3-2-7(11)5-8(9)12/h2-3,5H,4,12H2,1H3,(H,13,15). The van der Waals surface area contributed by atoms with Crippen molar-refractivity contribution in [3.63, 3.8) is 0 Å². The smallest absolute Gasteiger partial charge is 0.231 e. The first kappa shape index (κ1) is 11.2. The number of carbonyl (C=O) groups is 2. The molecule has 0 saturated heterocycles. The summed E-state index contributed by atoms with van der Waals surface area (Å²) in [5.41, 5.74) is 5.90. The zero-order chi connectivity index (χ0) is 11.4. The Kier molecular flexibility index (Phi) is 3.38. The number of hydrogen-bond acceptors (Lipinski definition) is 3. The molecule has 1 aromatic carbocycles. The van der Waals surface area contributed by atoms with Gasteiger partial charge >= 0.3 is 0 Å². The molecule has 0 atom stereocenters. The molecule has 0 aromatic heterocycles. The number of halogens is 1. The number of anilines is 2. The zero-order valence-corrected chi connectivity index (χ0v) is 8.21. The Balaban J connectivity index is 2.72. The fraction of sp³-hybridized carbons (Fsp3) is 0.200. The van der Waals surface area contributed by atoms with Crippen LogP contribution in [0.4, 0.5) is 15.8 Å². The molecule has 0 heterocycles. The van der Waals surface area contributed by atoms with E-state index in [1.165, 1.54) is 19.1 Å². The Morgan fingerprint density at radius 3 is 2.67 bits per heavy atom. The lowest BCUT2D eigenvalue weighted by molar-refractivity contribution is -0.124. The third kappa shape index (κ3) is 3.38. The molecule has 1 aromatic rings. The number of amides is 1. The SMILES string of the molecule is CC(=O)CC(=O)Nc1ccc(F)cc1N. The van der Waals surface area contributed by atoms with Gasteiger partial charge in [0.15, 0.2) is 0 Å². The van der Waals surface area contributed by atoms with Crippen molar-refractivity contribution in [3.8, 4) is 0 Å². The number of benzene rings is 1. The van der Waals surface area contributed by atoms with Crippen LogP contribution < -0.4 is 11.1 Å². The summed E-state index contributed by atoms with van der Waals surface area (Å²) in [5.74, 6) is -1.17. The molecule has 80 valence electrons. The third-order valence-corrected chi connectivity index (χ3v) is 1.70. The number of nitrogen functional groups attached to an aromatic ring is 1. The highest BCUT2D eigenvalue weighted by Crippen LogP contribution is 2.18. The minimum Gasteiger partial charge on any atom is -0.397 e. The second-order valence-corrected chi connectivity index (χ2v) is 3.16. The van der Waals surface area contributed by atoms with Gasteiger partial charge in [-0.2, -0.15) is 0 Å². The van der Waals surface area contributed by atoms with Gasteiger partial charge in [-0.15, -0.1) is 0 Å². The molecule has 0 unspecified atom stereocenters. The summed E-state index contributed by atoms with van der Waals surface area (Å²) in [6.45, 7) is 1.31. The van der Waals surface area contributed by atoms with E-state index >= 15 is 0 Å². The van der Waals surface area contributed by atoms with Crippen LogP contribution in [0.1, 0.15) is 13.3 Å². The van der Waals surface area contributed by atoms with Crippen molar-refractivity contribution < 1.29 is 14.0 Å². The minimum atomic E-state index is -0.475. The first-order valence-electron chi connectivity index (χ1n) is 4.33.